The van der Waals surface area contributed by atoms with Gasteiger partial charge in [-0.3, -0.25) is 9.59 Å². The second kappa shape index (κ2) is 6.83. The van der Waals surface area contributed by atoms with Crippen LogP contribution in [0.4, 0.5) is 0 Å². The van der Waals surface area contributed by atoms with Crippen LogP contribution in [0, 0.1) is 11.3 Å². The first kappa shape index (κ1) is 19.1. The highest BCUT2D eigenvalue weighted by molar-refractivity contribution is 7.88. The van der Waals surface area contributed by atoms with E-state index < -0.39 is 21.5 Å². The van der Waals surface area contributed by atoms with Crippen LogP contribution in [-0.2, 0) is 26.2 Å². The standard InChI is InChI=1S/C17H22ClN3O4S/c1-19-16(23)14-8-17(10-21(14)26(2,24)25)7-13(17)15(22)20-9-11-3-5-12(18)6-4-11/h3-6,13-14H,7-10H2,1-2H3,(H,19,23)(H,20,22)/t13-,14+,17+/m1/s1. The number of hydrogen-bond donors (Lipinski definition) is 2. The van der Waals surface area contributed by atoms with Gasteiger partial charge in [0.15, 0.2) is 0 Å². The minimum atomic E-state index is -3.52. The predicted octanol–water partition coefficient (Wildman–Crippen LogP) is 0.742. The van der Waals surface area contributed by atoms with Crippen LogP contribution in [0.5, 0.6) is 0 Å². The number of rotatable bonds is 5. The lowest BCUT2D eigenvalue weighted by Gasteiger charge is -2.20. The minimum Gasteiger partial charge on any atom is -0.358 e. The van der Waals surface area contributed by atoms with Crippen molar-refractivity contribution >= 4 is 33.4 Å². The molecule has 1 aromatic rings. The zero-order valence-corrected chi connectivity index (χ0v) is 16.2. The van der Waals surface area contributed by atoms with Crippen LogP contribution in [0.1, 0.15) is 18.4 Å². The lowest BCUT2D eigenvalue weighted by atomic mass is 9.99. The summed E-state index contributed by atoms with van der Waals surface area (Å²) < 4.78 is 25.3. The number of amides is 2. The quantitative estimate of drug-likeness (QED) is 0.763. The van der Waals surface area contributed by atoms with Crippen molar-refractivity contribution < 1.29 is 18.0 Å². The molecule has 1 heterocycles. The second-order valence-electron chi connectivity index (χ2n) is 7.11. The summed E-state index contributed by atoms with van der Waals surface area (Å²) in [6.45, 7) is 0.597. The Hall–Kier alpha value is -1.64. The molecule has 1 aliphatic carbocycles. The van der Waals surface area contributed by atoms with Crippen molar-refractivity contribution in [2.24, 2.45) is 11.3 Å². The fraction of sp³-hybridized carbons (Fsp3) is 0.529. The molecule has 1 aliphatic heterocycles. The maximum absolute atomic E-state index is 12.5. The van der Waals surface area contributed by atoms with Crippen LogP contribution in [0.3, 0.4) is 0 Å². The van der Waals surface area contributed by atoms with E-state index >= 15 is 0 Å². The Balaban J connectivity index is 1.65. The van der Waals surface area contributed by atoms with Crippen molar-refractivity contribution in [1.82, 2.24) is 14.9 Å². The van der Waals surface area contributed by atoms with Gasteiger partial charge in [-0.25, -0.2) is 8.42 Å². The maximum atomic E-state index is 12.5. The molecule has 142 valence electrons. The highest BCUT2D eigenvalue weighted by Gasteiger charge is 2.65. The molecule has 3 atom stereocenters. The molecule has 0 radical (unpaired) electrons. The van der Waals surface area contributed by atoms with Crippen molar-refractivity contribution in [3.05, 3.63) is 34.9 Å². The second-order valence-corrected chi connectivity index (χ2v) is 9.48. The lowest BCUT2D eigenvalue weighted by molar-refractivity contribution is -0.124. The van der Waals surface area contributed by atoms with Crippen LogP contribution in [0.15, 0.2) is 24.3 Å². The Kier molecular flexibility index (Phi) is 5.02. The van der Waals surface area contributed by atoms with Gasteiger partial charge in [-0.05, 0) is 36.0 Å². The summed E-state index contributed by atoms with van der Waals surface area (Å²) in [6, 6.07) is 6.46. The molecule has 1 aromatic carbocycles. The number of carbonyl (C=O) groups is 2. The lowest BCUT2D eigenvalue weighted by Crippen LogP contribution is -2.44. The average molecular weight is 400 g/mol. The fourth-order valence-corrected chi connectivity index (χ4v) is 4.99. The number of sulfonamides is 1. The van der Waals surface area contributed by atoms with Crippen molar-refractivity contribution in [3.8, 4) is 0 Å². The molecule has 3 rings (SSSR count). The van der Waals surface area contributed by atoms with E-state index in [4.69, 9.17) is 11.6 Å². The van der Waals surface area contributed by atoms with Crippen LogP contribution >= 0.6 is 11.6 Å². The molecule has 1 saturated carbocycles. The summed E-state index contributed by atoms with van der Waals surface area (Å²) in [5.74, 6) is -0.709. The Morgan fingerprint density at radius 2 is 1.88 bits per heavy atom. The van der Waals surface area contributed by atoms with Crippen LogP contribution in [0.25, 0.3) is 0 Å². The Labute approximate surface area is 158 Å². The van der Waals surface area contributed by atoms with Gasteiger partial charge < -0.3 is 10.6 Å². The average Bonchev–Trinajstić information content (AvgIpc) is 3.13. The number of carbonyl (C=O) groups excluding carboxylic acids is 2. The molecule has 2 fully saturated rings. The molecule has 26 heavy (non-hydrogen) atoms. The zero-order chi connectivity index (χ0) is 19.1. The molecule has 1 spiro atoms. The van der Waals surface area contributed by atoms with E-state index in [2.05, 4.69) is 10.6 Å². The predicted molar refractivity (Wildman–Crippen MR) is 97.9 cm³/mol. The van der Waals surface area contributed by atoms with Gasteiger partial charge in [0, 0.05) is 31.1 Å². The monoisotopic (exact) mass is 399 g/mol. The highest BCUT2D eigenvalue weighted by Crippen LogP contribution is 2.60. The van der Waals surface area contributed by atoms with Crippen molar-refractivity contribution in [2.75, 3.05) is 19.8 Å². The molecule has 0 bridgehead atoms. The van der Waals surface area contributed by atoms with E-state index in [1.54, 1.807) is 12.1 Å². The van der Waals surface area contributed by atoms with E-state index in [9.17, 15) is 18.0 Å². The van der Waals surface area contributed by atoms with Crippen molar-refractivity contribution in [1.29, 1.82) is 0 Å². The normalized spacial score (nSPS) is 28.1. The summed E-state index contributed by atoms with van der Waals surface area (Å²) in [7, 11) is -2.03. The van der Waals surface area contributed by atoms with Gasteiger partial charge in [-0.1, -0.05) is 23.7 Å². The van der Waals surface area contributed by atoms with Crippen LogP contribution in [-0.4, -0.2) is 50.4 Å². The number of nitrogens with one attached hydrogen (secondary N) is 2. The van der Waals surface area contributed by atoms with Gasteiger partial charge in [-0.2, -0.15) is 4.31 Å². The Bertz CT molecular complexity index is 827. The molecule has 7 nitrogen and oxygen atoms in total. The number of hydrogen-bond acceptors (Lipinski definition) is 4. The Morgan fingerprint density at radius 1 is 1.23 bits per heavy atom. The first-order valence-electron chi connectivity index (χ1n) is 8.37. The summed E-state index contributed by atoms with van der Waals surface area (Å²) in [5, 5.41) is 6.04. The smallest absolute Gasteiger partial charge is 0.238 e. The molecule has 2 N–H and O–H groups in total. The molecular formula is C17H22ClN3O4S. The van der Waals surface area contributed by atoms with Gasteiger partial charge in [-0.15, -0.1) is 0 Å². The number of likely N-dealkylation sites (N-methyl/N-ethyl adjacent to an activating group) is 1. The third kappa shape index (κ3) is 3.72. The molecule has 0 aromatic heterocycles. The fourth-order valence-electron chi connectivity index (χ4n) is 3.74. The topological polar surface area (TPSA) is 95.6 Å². The summed E-state index contributed by atoms with van der Waals surface area (Å²) in [5.41, 5.74) is 0.495. The van der Waals surface area contributed by atoms with Crippen LogP contribution in [0.2, 0.25) is 5.02 Å². The van der Waals surface area contributed by atoms with E-state index in [1.807, 2.05) is 12.1 Å². The molecular weight excluding hydrogens is 378 g/mol. The van der Waals surface area contributed by atoms with Gasteiger partial charge in [0.25, 0.3) is 0 Å². The summed E-state index contributed by atoms with van der Waals surface area (Å²) in [6.07, 6.45) is 2.07. The summed E-state index contributed by atoms with van der Waals surface area (Å²) in [4.78, 5) is 24.6. The number of halogens is 1. The van der Waals surface area contributed by atoms with Crippen LogP contribution < -0.4 is 10.6 Å². The molecule has 2 amide bonds. The minimum absolute atomic E-state index is 0.106. The maximum Gasteiger partial charge on any atom is 0.238 e. The molecule has 2 aliphatic rings. The molecule has 1 saturated heterocycles. The first-order valence-corrected chi connectivity index (χ1v) is 10.6. The van der Waals surface area contributed by atoms with Gasteiger partial charge >= 0.3 is 0 Å². The van der Waals surface area contributed by atoms with Gasteiger partial charge in [0.05, 0.1) is 6.26 Å². The van der Waals surface area contributed by atoms with Gasteiger partial charge in [0.1, 0.15) is 6.04 Å². The van der Waals surface area contributed by atoms with E-state index in [1.165, 1.54) is 11.4 Å². The largest absolute Gasteiger partial charge is 0.358 e. The third-order valence-corrected chi connectivity index (χ3v) is 6.77. The Morgan fingerprint density at radius 3 is 2.46 bits per heavy atom. The SMILES string of the molecule is CNC(=O)[C@@H]1C[C@@]2(C[C@@H]2C(=O)NCc2ccc(Cl)cc2)CN1S(C)(=O)=O. The van der Waals surface area contributed by atoms with E-state index in [-0.39, 0.29) is 24.3 Å². The first-order chi connectivity index (χ1) is 12.2. The van der Waals surface area contributed by atoms with Gasteiger partial charge in [0.2, 0.25) is 21.8 Å². The number of benzene rings is 1. The molecule has 0 unspecified atom stereocenters. The van der Waals surface area contributed by atoms with Crippen molar-refractivity contribution in [3.63, 3.8) is 0 Å². The third-order valence-electron chi connectivity index (χ3n) is 5.28. The summed E-state index contributed by atoms with van der Waals surface area (Å²) >= 11 is 5.84. The van der Waals surface area contributed by atoms with E-state index in [0.717, 1.165) is 11.8 Å². The highest BCUT2D eigenvalue weighted by atomic mass is 35.5. The molecule has 9 heteroatoms. The van der Waals surface area contributed by atoms with E-state index in [0.29, 0.717) is 24.4 Å². The zero-order valence-electron chi connectivity index (χ0n) is 14.7. The number of nitrogens with zero attached hydrogens (tertiary/aromatic N) is 1. The van der Waals surface area contributed by atoms with Crippen molar-refractivity contribution in [2.45, 2.75) is 25.4 Å².